The second-order valence-corrected chi connectivity index (χ2v) is 6.09. The highest BCUT2D eigenvalue weighted by atomic mass is 14.9. The predicted molar refractivity (Wildman–Crippen MR) is 76.8 cm³/mol. The van der Waals surface area contributed by atoms with Crippen molar-refractivity contribution >= 4 is 5.69 Å². The summed E-state index contributed by atoms with van der Waals surface area (Å²) in [6, 6.07) is 4.73. The van der Waals surface area contributed by atoms with Gasteiger partial charge in [-0.05, 0) is 42.9 Å². The molecule has 0 aliphatic carbocycles. The summed E-state index contributed by atoms with van der Waals surface area (Å²) < 4.78 is 0. The molecule has 96 valence electrons. The molecule has 0 bridgehead atoms. The van der Waals surface area contributed by atoms with Gasteiger partial charge < -0.3 is 11.1 Å². The van der Waals surface area contributed by atoms with Gasteiger partial charge in [0.25, 0.3) is 0 Å². The zero-order chi connectivity index (χ0) is 13.2. The van der Waals surface area contributed by atoms with E-state index in [-0.39, 0.29) is 11.5 Å². The number of benzene rings is 1. The summed E-state index contributed by atoms with van der Waals surface area (Å²) in [4.78, 5) is 0. The molecule has 0 aliphatic heterocycles. The third kappa shape index (κ3) is 3.74. The molecule has 2 heteroatoms. The average Bonchev–Trinajstić information content (AvgIpc) is 2.14. The van der Waals surface area contributed by atoms with E-state index in [1.807, 2.05) is 6.92 Å². The van der Waals surface area contributed by atoms with Crippen molar-refractivity contribution in [1.29, 1.82) is 0 Å². The van der Waals surface area contributed by atoms with Crippen LogP contribution in [0.3, 0.4) is 0 Å². The summed E-state index contributed by atoms with van der Waals surface area (Å²) in [6.45, 7) is 13.9. The normalized spacial score (nSPS) is 13.6. The fourth-order valence-electron chi connectivity index (χ4n) is 1.94. The first-order valence-corrected chi connectivity index (χ1v) is 6.33. The molecule has 3 N–H and O–H groups in total. The van der Waals surface area contributed by atoms with E-state index >= 15 is 0 Å². The van der Waals surface area contributed by atoms with Gasteiger partial charge in [0, 0.05) is 18.3 Å². The van der Waals surface area contributed by atoms with Crippen LogP contribution < -0.4 is 11.1 Å². The van der Waals surface area contributed by atoms with Crippen molar-refractivity contribution in [2.75, 3.05) is 11.9 Å². The standard InChI is InChI=1S/C15H26N2/c1-10-7-13(15(4,5)6)8-11(2)14(10)17-9-12(3)16/h7-8,12,17H,9,16H2,1-6H3. The van der Waals surface area contributed by atoms with Crippen LogP contribution in [0.5, 0.6) is 0 Å². The monoisotopic (exact) mass is 234 g/mol. The van der Waals surface area contributed by atoms with E-state index in [4.69, 9.17) is 5.73 Å². The number of rotatable bonds is 3. The van der Waals surface area contributed by atoms with Crippen LogP contribution in [0.15, 0.2) is 12.1 Å². The molecule has 0 radical (unpaired) electrons. The molecule has 1 unspecified atom stereocenters. The first-order chi connectivity index (χ1) is 7.71. The largest absolute Gasteiger partial charge is 0.383 e. The molecule has 0 spiro atoms. The molecule has 0 heterocycles. The number of nitrogens with two attached hydrogens (primary N) is 1. The van der Waals surface area contributed by atoms with E-state index in [0.29, 0.717) is 0 Å². The highest BCUT2D eigenvalue weighted by Crippen LogP contribution is 2.29. The van der Waals surface area contributed by atoms with Crippen molar-refractivity contribution in [2.45, 2.75) is 53.0 Å². The topological polar surface area (TPSA) is 38.0 Å². The van der Waals surface area contributed by atoms with Crippen LogP contribution >= 0.6 is 0 Å². The van der Waals surface area contributed by atoms with Gasteiger partial charge in [0.2, 0.25) is 0 Å². The van der Waals surface area contributed by atoms with Crippen molar-refractivity contribution in [3.8, 4) is 0 Å². The lowest BCUT2D eigenvalue weighted by Gasteiger charge is -2.23. The van der Waals surface area contributed by atoms with Gasteiger partial charge in [-0.15, -0.1) is 0 Å². The minimum absolute atomic E-state index is 0.177. The van der Waals surface area contributed by atoms with Crippen molar-refractivity contribution in [3.05, 3.63) is 28.8 Å². The zero-order valence-corrected chi connectivity index (χ0v) is 12.0. The second kappa shape index (κ2) is 5.09. The molecular weight excluding hydrogens is 208 g/mol. The lowest BCUT2D eigenvalue weighted by atomic mass is 9.85. The fourth-order valence-corrected chi connectivity index (χ4v) is 1.94. The van der Waals surface area contributed by atoms with E-state index in [2.05, 4.69) is 52.1 Å². The Balaban J connectivity index is 3.03. The van der Waals surface area contributed by atoms with Crippen LogP contribution in [0, 0.1) is 13.8 Å². The molecule has 1 aromatic rings. The summed E-state index contributed by atoms with van der Waals surface area (Å²) in [5, 5.41) is 3.43. The smallest absolute Gasteiger partial charge is 0.0400 e. The SMILES string of the molecule is Cc1cc(C(C)(C)C)cc(C)c1NCC(C)N. The summed E-state index contributed by atoms with van der Waals surface area (Å²) in [5.41, 5.74) is 11.2. The molecule has 1 atom stereocenters. The maximum atomic E-state index is 5.78. The quantitative estimate of drug-likeness (QED) is 0.841. The summed E-state index contributed by atoms with van der Waals surface area (Å²) in [6.07, 6.45) is 0. The Morgan fingerprint density at radius 2 is 1.65 bits per heavy atom. The van der Waals surface area contributed by atoms with Crippen molar-refractivity contribution in [2.24, 2.45) is 5.73 Å². The van der Waals surface area contributed by atoms with E-state index < -0.39 is 0 Å². The van der Waals surface area contributed by atoms with Crippen LogP contribution in [0.2, 0.25) is 0 Å². The zero-order valence-electron chi connectivity index (χ0n) is 12.0. The molecule has 1 aromatic carbocycles. The number of nitrogens with one attached hydrogen (secondary N) is 1. The molecule has 0 saturated carbocycles. The van der Waals surface area contributed by atoms with Crippen LogP contribution in [-0.2, 0) is 5.41 Å². The van der Waals surface area contributed by atoms with Gasteiger partial charge in [-0.2, -0.15) is 0 Å². The first-order valence-electron chi connectivity index (χ1n) is 6.33. The average molecular weight is 234 g/mol. The predicted octanol–water partition coefficient (Wildman–Crippen LogP) is 3.36. The lowest BCUT2D eigenvalue weighted by molar-refractivity contribution is 0.589. The van der Waals surface area contributed by atoms with E-state index in [9.17, 15) is 0 Å². The Morgan fingerprint density at radius 1 is 1.18 bits per heavy atom. The molecule has 1 rings (SSSR count). The minimum atomic E-state index is 0.177. The molecule has 0 amide bonds. The summed E-state index contributed by atoms with van der Waals surface area (Å²) in [7, 11) is 0. The van der Waals surface area contributed by atoms with Crippen molar-refractivity contribution in [1.82, 2.24) is 0 Å². The summed E-state index contributed by atoms with van der Waals surface area (Å²) >= 11 is 0. The highest BCUT2D eigenvalue weighted by molar-refractivity contribution is 5.59. The Kier molecular flexibility index (Phi) is 4.21. The van der Waals surface area contributed by atoms with Crippen LogP contribution in [-0.4, -0.2) is 12.6 Å². The van der Waals surface area contributed by atoms with Crippen LogP contribution in [0.4, 0.5) is 5.69 Å². The Labute approximate surface area is 106 Å². The second-order valence-electron chi connectivity index (χ2n) is 6.09. The van der Waals surface area contributed by atoms with E-state index in [1.165, 1.54) is 22.4 Å². The Morgan fingerprint density at radius 3 is 2.00 bits per heavy atom. The van der Waals surface area contributed by atoms with Gasteiger partial charge in [-0.3, -0.25) is 0 Å². The third-order valence-corrected chi connectivity index (χ3v) is 3.00. The molecule has 0 aromatic heterocycles. The van der Waals surface area contributed by atoms with Crippen molar-refractivity contribution < 1.29 is 0 Å². The number of aryl methyl sites for hydroxylation is 2. The molecular formula is C15H26N2. The van der Waals surface area contributed by atoms with Crippen LogP contribution in [0.25, 0.3) is 0 Å². The highest BCUT2D eigenvalue weighted by Gasteiger charge is 2.16. The first kappa shape index (κ1) is 14.0. The minimum Gasteiger partial charge on any atom is -0.383 e. The molecule has 0 aliphatic rings. The summed E-state index contributed by atoms with van der Waals surface area (Å²) in [5.74, 6) is 0. The maximum Gasteiger partial charge on any atom is 0.0400 e. The Bertz CT molecular complexity index is 363. The van der Waals surface area contributed by atoms with Crippen molar-refractivity contribution in [3.63, 3.8) is 0 Å². The third-order valence-electron chi connectivity index (χ3n) is 3.00. The maximum absolute atomic E-state index is 5.78. The van der Waals surface area contributed by atoms with Gasteiger partial charge in [0.1, 0.15) is 0 Å². The van der Waals surface area contributed by atoms with Gasteiger partial charge in [-0.25, -0.2) is 0 Å². The molecule has 0 saturated heterocycles. The Hall–Kier alpha value is -1.02. The molecule has 17 heavy (non-hydrogen) atoms. The molecule has 2 nitrogen and oxygen atoms in total. The van der Waals surface area contributed by atoms with E-state index in [0.717, 1.165) is 6.54 Å². The lowest BCUT2D eigenvalue weighted by Crippen LogP contribution is -2.26. The van der Waals surface area contributed by atoms with Gasteiger partial charge in [-0.1, -0.05) is 32.9 Å². The number of anilines is 1. The van der Waals surface area contributed by atoms with Gasteiger partial charge in [0.15, 0.2) is 0 Å². The van der Waals surface area contributed by atoms with E-state index in [1.54, 1.807) is 0 Å². The van der Waals surface area contributed by atoms with Gasteiger partial charge in [0.05, 0.1) is 0 Å². The number of hydrogen-bond donors (Lipinski definition) is 2. The van der Waals surface area contributed by atoms with Crippen LogP contribution in [0.1, 0.15) is 44.4 Å². The fraction of sp³-hybridized carbons (Fsp3) is 0.600. The molecule has 0 fully saturated rings. The number of hydrogen-bond acceptors (Lipinski definition) is 2. The van der Waals surface area contributed by atoms with Gasteiger partial charge >= 0.3 is 0 Å².